The minimum atomic E-state index is -0.254. The first-order valence-electron chi connectivity index (χ1n) is 8.22. The molecule has 0 aromatic rings. The summed E-state index contributed by atoms with van der Waals surface area (Å²) >= 11 is 0. The fraction of sp³-hybridized carbons (Fsp3) is 0.875. The Balaban J connectivity index is 1.79. The quantitative estimate of drug-likeness (QED) is 0.737. The predicted octanol–water partition coefficient (Wildman–Crippen LogP) is 2.18. The van der Waals surface area contributed by atoms with Gasteiger partial charge in [-0.1, -0.05) is 6.92 Å². The van der Waals surface area contributed by atoms with Crippen molar-refractivity contribution >= 4 is 11.8 Å². The molecule has 2 unspecified atom stereocenters. The van der Waals surface area contributed by atoms with Crippen molar-refractivity contribution in [2.45, 2.75) is 76.9 Å². The number of carbonyl (C=O) groups is 2. The van der Waals surface area contributed by atoms with E-state index in [1.165, 1.54) is 12.8 Å². The molecule has 0 spiro atoms. The number of nitrogens with zero attached hydrogens (tertiary/aromatic N) is 2. The van der Waals surface area contributed by atoms with Crippen LogP contribution >= 0.6 is 0 Å². The number of piperidine rings is 1. The van der Waals surface area contributed by atoms with Gasteiger partial charge in [0.15, 0.2) is 0 Å². The van der Waals surface area contributed by atoms with Gasteiger partial charge in [-0.25, -0.2) is 0 Å². The summed E-state index contributed by atoms with van der Waals surface area (Å²) in [7, 11) is 0. The highest BCUT2D eigenvalue weighted by molar-refractivity contribution is 5.97. The Morgan fingerprint density at radius 2 is 1.60 bits per heavy atom. The first kappa shape index (κ1) is 13.9. The summed E-state index contributed by atoms with van der Waals surface area (Å²) in [6, 6.07) is -0.121. The van der Waals surface area contributed by atoms with E-state index in [2.05, 4.69) is 6.92 Å². The van der Waals surface area contributed by atoms with Crippen molar-refractivity contribution < 1.29 is 9.59 Å². The molecular formula is C16H26N2O2. The summed E-state index contributed by atoms with van der Waals surface area (Å²) in [5.74, 6) is 1.16. The van der Waals surface area contributed by atoms with Crippen LogP contribution in [-0.4, -0.2) is 46.3 Å². The first-order valence-corrected chi connectivity index (χ1v) is 8.22. The van der Waals surface area contributed by atoms with Gasteiger partial charge in [0.05, 0.1) is 0 Å². The van der Waals surface area contributed by atoms with Gasteiger partial charge in [-0.3, -0.25) is 9.59 Å². The molecule has 4 nitrogen and oxygen atoms in total. The number of hydrogen-bond donors (Lipinski definition) is 0. The average Bonchev–Trinajstić information content (AvgIpc) is 2.47. The van der Waals surface area contributed by atoms with Crippen LogP contribution < -0.4 is 0 Å². The minimum Gasteiger partial charge on any atom is -0.329 e. The van der Waals surface area contributed by atoms with E-state index in [9.17, 15) is 9.59 Å². The Bertz CT molecular complexity index is 401. The van der Waals surface area contributed by atoms with Gasteiger partial charge in [0, 0.05) is 12.6 Å². The molecule has 4 heteroatoms. The number of hydrogen-bond acceptors (Lipinski definition) is 2. The fourth-order valence-electron chi connectivity index (χ4n) is 4.19. The molecule has 112 valence electrons. The third-order valence-electron chi connectivity index (χ3n) is 5.48. The molecule has 2 atom stereocenters. The molecule has 2 heterocycles. The summed E-state index contributed by atoms with van der Waals surface area (Å²) in [5, 5.41) is 0. The molecule has 3 fully saturated rings. The number of amides is 2. The molecule has 3 aliphatic rings. The van der Waals surface area contributed by atoms with Crippen molar-refractivity contribution in [2.75, 3.05) is 6.54 Å². The number of carbonyl (C=O) groups excluding carboxylic acids is 2. The van der Waals surface area contributed by atoms with Crippen LogP contribution in [0.1, 0.15) is 58.8 Å². The Labute approximate surface area is 121 Å². The van der Waals surface area contributed by atoms with Crippen LogP contribution in [0.4, 0.5) is 0 Å². The molecule has 2 saturated heterocycles. The second kappa shape index (κ2) is 5.38. The lowest BCUT2D eigenvalue weighted by atomic mass is 9.84. The Hall–Kier alpha value is -1.06. The molecule has 2 amide bonds. The standard InChI is InChI=1S/C16H26N2O2/c1-11-6-8-13(9-7-11)18-12(2)15(19)17-10-4-3-5-14(17)16(18)20/h11-14H,3-10H2,1-2H3. The Morgan fingerprint density at radius 1 is 0.900 bits per heavy atom. The van der Waals surface area contributed by atoms with E-state index in [-0.39, 0.29) is 23.9 Å². The molecule has 0 bridgehead atoms. The highest BCUT2D eigenvalue weighted by atomic mass is 16.2. The van der Waals surface area contributed by atoms with E-state index < -0.39 is 0 Å². The van der Waals surface area contributed by atoms with Crippen LogP contribution in [0.25, 0.3) is 0 Å². The highest BCUT2D eigenvalue weighted by Gasteiger charge is 2.47. The van der Waals surface area contributed by atoms with Crippen molar-refractivity contribution in [2.24, 2.45) is 5.92 Å². The zero-order valence-electron chi connectivity index (χ0n) is 12.7. The summed E-state index contributed by atoms with van der Waals surface area (Å²) in [4.78, 5) is 29.2. The van der Waals surface area contributed by atoms with Gasteiger partial charge in [-0.15, -0.1) is 0 Å². The third-order valence-corrected chi connectivity index (χ3v) is 5.48. The summed E-state index contributed by atoms with van der Waals surface area (Å²) in [6.45, 7) is 4.98. The SMILES string of the molecule is CC1CCC(N2C(=O)C3CCCCN3C(=O)C2C)CC1. The van der Waals surface area contributed by atoms with Crippen LogP contribution in [0.2, 0.25) is 0 Å². The molecule has 1 aliphatic carbocycles. The van der Waals surface area contributed by atoms with Crippen molar-refractivity contribution in [1.29, 1.82) is 0 Å². The van der Waals surface area contributed by atoms with Crippen LogP contribution in [-0.2, 0) is 9.59 Å². The minimum absolute atomic E-state index is 0.160. The number of fused-ring (bicyclic) bond motifs is 1. The van der Waals surface area contributed by atoms with Gasteiger partial charge in [-0.05, 0) is 57.8 Å². The second-order valence-corrected chi connectivity index (χ2v) is 6.88. The average molecular weight is 278 g/mol. The Kier molecular flexibility index (Phi) is 3.74. The molecule has 20 heavy (non-hydrogen) atoms. The lowest BCUT2D eigenvalue weighted by Gasteiger charge is -2.49. The van der Waals surface area contributed by atoms with Crippen molar-refractivity contribution in [3.8, 4) is 0 Å². The van der Waals surface area contributed by atoms with Gasteiger partial charge in [0.25, 0.3) is 0 Å². The highest BCUT2D eigenvalue weighted by Crippen LogP contribution is 2.33. The van der Waals surface area contributed by atoms with Crippen molar-refractivity contribution in [3.63, 3.8) is 0 Å². The van der Waals surface area contributed by atoms with Crippen molar-refractivity contribution in [1.82, 2.24) is 9.80 Å². The van der Waals surface area contributed by atoms with Gasteiger partial charge in [0.1, 0.15) is 12.1 Å². The summed E-state index contributed by atoms with van der Waals surface area (Å²) in [6.07, 6.45) is 7.48. The van der Waals surface area contributed by atoms with E-state index in [0.717, 1.165) is 44.6 Å². The molecule has 0 N–H and O–H groups in total. The zero-order chi connectivity index (χ0) is 14.3. The summed E-state index contributed by atoms with van der Waals surface area (Å²) in [5.41, 5.74) is 0. The summed E-state index contributed by atoms with van der Waals surface area (Å²) < 4.78 is 0. The lowest BCUT2D eigenvalue weighted by Crippen LogP contribution is -2.67. The first-order chi connectivity index (χ1) is 9.59. The molecule has 1 saturated carbocycles. The van der Waals surface area contributed by atoms with Crippen LogP contribution in [0.5, 0.6) is 0 Å². The van der Waals surface area contributed by atoms with Crippen LogP contribution in [0.15, 0.2) is 0 Å². The maximum Gasteiger partial charge on any atom is 0.246 e. The van der Waals surface area contributed by atoms with Crippen LogP contribution in [0.3, 0.4) is 0 Å². The molecule has 0 aromatic carbocycles. The maximum absolute atomic E-state index is 12.8. The maximum atomic E-state index is 12.8. The second-order valence-electron chi connectivity index (χ2n) is 6.88. The molecule has 3 rings (SSSR count). The fourth-order valence-corrected chi connectivity index (χ4v) is 4.19. The van der Waals surface area contributed by atoms with Gasteiger partial charge < -0.3 is 9.80 Å². The zero-order valence-corrected chi connectivity index (χ0v) is 12.7. The lowest BCUT2D eigenvalue weighted by molar-refractivity contribution is -0.166. The molecule has 2 aliphatic heterocycles. The van der Waals surface area contributed by atoms with E-state index >= 15 is 0 Å². The monoisotopic (exact) mass is 278 g/mol. The topological polar surface area (TPSA) is 40.6 Å². The number of rotatable bonds is 1. The van der Waals surface area contributed by atoms with Crippen LogP contribution in [0, 0.1) is 5.92 Å². The van der Waals surface area contributed by atoms with E-state index in [4.69, 9.17) is 0 Å². The van der Waals surface area contributed by atoms with Gasteiger partial charge >= 0.3 is 0 Å². The molecular weight excluding hydrogens is 252 g/mol. The van der Waals surface area contributed by atoms with E-state index in [1.807, 2.05) is 16.7 Å². The Morgan fingerprint density at radius 3 is 2.30 bits per heavy atom. The number of piperazine rings is 1. The van der Waals surface area contributed by atoms with Gasteiger partial charge in [-0.2, -0.15) is 0 Å². The predicted molar refractivity (Wildman–Crippen MR) is 77.1 cm³/mol. The third kappa shape index (κ3) is 2.23. The largest absolute Gasteiger partial charge is 0.329 e. The smallest absolute Gasteiger partial charge is 0.246 e. The van der Waals surface area contributed by atoms with Crippen molar-refractivity contribution in [3.05, 3.63) is 0 Å². The molecule has 0 aromatic heterocycles. The van der Waals surface area contributed by atoms with Gasteiger partial charge in [0.2, 0.25) is 11.8 Å². The van der Waals surface area contributed by atoms with E-state index in [0.29, 0.717) is 6.04 Å². The normalized spacial score (nSPS) is 38.9. The molecule has 0 radical (unpaired) electrons. The van der Waals surface area contributed by atoms with E-state index in [1.54, 1.807) is 0 Å².